The second-order valence-corrected chi connectivity index (χ2v) is 7.67. The van der Waals surface area contributed by atoms with Crippen molar-refractivity contribution in [2.24, 2.45) is 5.92 Å². The molecule has 2 aliphatic heterocycles. The Morgan fingerprint density at radius 3 is 2.68 bits per heavy atom. The monoisotopic (exact) mass is 346 g/mol. The minimum Gasteiger partial charge on any atom is -0.356 e. The number of piperidine rings is 1. The number of likely N-dealkylation sites (tertiary alicyclic amines) is 1. The van der Waals surface area contributed by atoms with Crippen molar-refractivity contribution in [3.63, 3.8) is 0 Å². The molecule has 0 radical (unpaired) electrons. The zero-order chi connectivity index (χ0) is 17.2. The lowest BCUT2D eigenvalue weighted by Crippen LogP contribution is -2.46. The summed E-state index contributed by atoms with van der Waals surface area (Å²) < 4.78 is 12.9. The van der Waals surface area contributed by atoms with E-state index < -0.39 is 0 Å². The van der Waals surface area contributed by atoms with Gasteiger partial charge in [-0.3, -0.25) is 9.18 Å². The number of hydrogen-bond acceptors (Lipinski definition) is 4. The lowest BCUT2D eigenvalue weighted by Gasteiger charge is -2.38. The van der Waals surface area contributed by atoms with Crippen molar-refractivity contribution < 1.29 is 9.18 Å². The third kappa shape index (κ3) is 3.35. The molecule has 5 nitrogen and oxygen atoms in total. The predicted molar refractivity (Wildman–Crippen MR) is 94.3 cm³/mol. The van der Waals surface area contributed by atoms with Crippen LogP contribution in [0.2, 0.25) is 0 Å². The van der Waals surface area contributed by atoms with E-state index in [1.165, 1.54) is 30.5 Å². The van der Waals surface area contributed by atoms with E-state index in [1.807, 2.05) is 4.90 Å². The van der Waals surface area contributed by atoms with E-state index in [4.69, 9.17) is 0 Å². The van der Waals surface area contributed by atoms with E-state index >= 15 is 0 Å². The van der Waals surface area contributed by atoms with Crippen LogP contribution >= 0.6 is 0 Å². The molecule has 0 aromatic carbocycles. The maximum atomic E-state index is 12.9. The Kier molecular flexibility index (Phi) is 4.86. The van der Waals surface area contributed by atoms with Gasteiger partial charge in [-0.15, -0.1) is 0 Å². The molecule has 0 N–H and O–H groups in total. The van der Waals surface area contributed by atoms with Crippen molar-refractivity contribution in [3.8, 4) is 0 Å². The predicted octanol–water partition coefficient (Wildman–Crippen LogP) is 2.53. The Bertz CT molecular complexity index is 630. The number of rotatable bonds is 3. The average molecular weight is 346 g/mol. The van der Waals surface area contributed by atoms with Gasteiger partial charge in [0, 0.05) is 49.3 Å². The Morgan fingerprint density at radius 1 is 1.12 bits per heavy atom. The molecule has 0 spiro atoms. The Labute approximate surface area is 148 Å². The maximum Gasteiger partial charge on any atom is 0.223 e. The van der Waals surface area contributed by atoms with Crippen LogP contribution in [0, 0.1) is 5.92 Å². The molecule has 3 aliphatic rings. The highest BCUT2D eigenvalue weighted by atomic mass is 19.1. The maximum absolute atomic E-state index is 12.9. The number of anilines is 1. The molecule has 3 heterocycles. The van der Waals surface area contributed by atoms with Crippen molar-refractivity contribution in [3.05, 3.63) is 17.6 Å². The lowest BCUT2D eigenvalue weighted by atomic mass is 10.0. The summed E-state index contributed by atoms with van der Waals surface area (Å²) in [5.74, 6) is 1.15. The van der Waals surface area contributed by atoms with E-state index in [2.05, 4.69) is 14.9 Å². The minimum atomic E-state index is -0.381. The largest absolute Gasteiger partial charge is 0.356 e. The van der Waals surface area contributed by atoms with Gasteiger partial charge in [0.2, 0.25) is 5.91 Å². The van der Waals surface area contributed by atoms with Gasteiger partial charge in [-0.1, -0.05) is 6.42 Å². The van der Waals surface area contributed by atoms with Crippen molar-refractivity contribution >= 4 is 11.7 Å². The molecule has 136 valence electrons. The van der Waals surface area contributed by atoms with Crippen molar-refractivity contribution in [2.45, 2.75) is 57.4 Å². The molecule has 1 aliphatic carbocycles. The molecular formula is C19H27FN4O. The highest BCUT2D eigenvalue weighted by Gasteiger charge is 2.36. The molecule has 1 aromatic heterocycles. The third-order valence-corrected chi connectivity index (χ3v) is 6.01. The van der Waals surface area contributed by atoms with Crippen LogP contribution in [0.5, 0.6) is 0 Å². The number of fused-ring (bicyclic) bond motifs is 1. The van der Waals surface area contributed by atoms with Crippen LogP contribution in [-0.4, -0.2) is 53.1 Å². The lowest BCUT2D eigenvalue weighted by molar-refractivity contribution is -0.130. The van der Waals surface area contributed by atoms with Crippen LogP contribution in [-0.2, 0) is 17.6 Å². The van der Waals surface area contributed by atoms with Crippen molar-refractivity contribution in [1.29, 1.82) is 0 Å². The van der Waals surface area contributed by atoms with Gasteiger partial charge in [-0.05, 0) is 38.5 Å². The number of nitrogens with zero attached hydrogens (tertiary/aromatic N) is 4. The first-order valence-corrected chi connectivity index (χ1v) is 9.69. The molecule has 2 saturated heterocycles. The molecule has 25 heavy (non-hydrogen) atoms. The second-order valence-electron chi connectivity index (χ2n) is 7.67. The summed E-state index contributed by atoms with van der Waals surface area (Å²) in [5, 5.41) is 0. The Morgan fingerprint density at radius 2 is 1.92 bits per heavy atom. The fourth-order valence-electron chi connectivity index (χ4n) is 4.61. The zero-order valence-electron chi connectivity index (χ0n) is 14.8. The Balaban J connectivity index is 1.43. The molecule has 1 atom stereocenters. The minimum absolute atomic E-state index is 0.0943. The van der Waals surface area contributed by atoms with E-state index in [0.717, 1.165) is 44.6 Å². The molecule has 6 heteroatoms. The molecule has 4 rings (SSSR count). The highest BCUT2D eigenvalue weighted by Crippen LogP contribution is 2.31. The first-order valence-electron chi connectivity index (χ1n) is 9.69. The average Bonchev–Trinajstić information content (AvgIpc) is 2.87. The number of carbonyl (C=O) groups is 1. The van der Waals surface area contributed by atoms with E-state index in [-0.39, 0.29) is 24.5 Å². The summed E-state index contributed by atoms with van der Waals surface area (Å²) in [4.78, 5) is 25.6. The molecule has 0 bridgehead atoms. The molecule has 2 fully saturated rings. The quantitative estimate of drug-likeness (QED) is 0.789. The number of carbonyl (C=O) groups excluding carboxylic acids is 1. The molecule has 1 aromatic rings. The van der Waals surface area contributed by atoms with Crippen LogP contribution in [0.25, 0.3) is 0 Å². The third-order valence-electron chi connectivity index (χ3n) is 6.01. The summed E-state index contributed by atoms with van der Waals surface area (Å²) in [6.07, 6.45) is 9.84. The summed E-state index contributed by atoms with van der Waals surface area (Å²) in [5.41, 5.74) is 2.57. The van der Waals surface area contributed by atoms with Crippen LogP contribution in [0.1, 0.15) is 49.8 Å². The summed E-state index contributed by atoms with van der Waals surface area (Å²) in [6.45, 7) is 2.05. The highest BCUT2D eigenvalue weighted by molar-refractivity contribution is 5.79. The van der Waals surface area contributed by atoms with Crippen LogP contribution in [0.4, 0.5) is 10.2 Å². The van der Waals surface area contributed by atoms with Crippen LogP contribution in [0.15, 0.2) is 6.33 Å². The number of amides is 1. The topological polar surface area (TPSA) is 49.3 Å². The summed E-state index contributed by atoms with van der Waals surface area (Å²) in [6, 6.07) is 0.265. The fourth-order valence-corrected chi connectivity index (χ4v) is 4.61. The normalized spacial score (nSPS) is 25.2. The van der Waals surface area contributed by atoms with Crippen molar-refractivity contribution in [2.75, 3.05) is 31.2 Å². The van der Waals surface area contributed by atoms with Crippen molar-refractivity contribution in [1.82, 2.24) is 14.9 Å². The Hall–Kier alpha value is -1.72. The van der Waals surface area contributed by atoms with Gasteiger partial charge in [0.25, 0.3) is 0 Å². The van der Waals surface area contributed by atoms with Gasteiger partial charge < -0.3 is 9.80 Å². The molecule has 1 amide bonds. The summed E-state index contributed by atoms with van der Waals surface area (Å²) >= 11 is 0. The van der Waals surface area contributed by atoms with Crippen LogP contribution in [0.3, 0.4) is 0 Å². The van der Waals surface area contributed by atoms with Gasteiger partial charge in [0.05, 0.1) is 6.67 Å². The molecular weight excluding hydrogens is 319 g/mol. The first kappa shape index (κ1) is 16.7. The molecule has 0 saturated carbocycles. The van der Waals surface area contributed by atoms with Gasteiger partial charge in [0.15, 0.2) is 0 Å². The fraction of sp³-hybridized carbons (Fsp3) is 0.737. The zero-order valence-corrected chi connectivity index (χ0v) is 14.8. The van der Waals surface area contributed by atoms with E-state index in [0.29, 0.717) is 13.0 Å². The number of hydrogen-bond donors (Lipinski definition) is 0. The second kappa shape index (κ2) is 7.26. The van der Waals surface area contributed by atoms with Crippen LogP contribution < -0.4 is 4.90 Å². The van der Waals surface area contributed by atoms with Gasteiger partial charge in [-0.25, -0.2) is 9.97 Å². The van der Waals surface area contributed by atoms with Gasteiger partial charge in [0.1, 0.15) is 12.1 Å². The van der Waals surface area contributed by atoms with E-state index in [1.54, 1.807) is 6.33 Å². The van der Waals surface area contributed by atoms with E-state index in [9.17, 15) is 9.18 Å². The number of aromatic nitrogens is 2. The SMILES string of the molecule is O=C1CC(CF)CN1C1CCN(c2ncnc3c2CCCCC3)CC1. The standard InChI is InChI=1S/C19H27FN4O/c20-11-14-10-18(25)24(12-14)15-6-8-23(9-7-15)19-16-4-2-1-3-5-17(16)21-13-22-19/h13-15H,1-12H2. The number of halogens is 1. The first-order chi connectivity index (χ1) is 12.3. The van der Waals surface area contributed by atoms with Gasteiger partial charge >= 0.3 is 0 Å². The number of alkyl halides is 1. The van der Waals surface area contributed by atoms with Gasteiger partial charge in [-0.2, -0.15) is 0 Å². The molecule has 1 unspecified atom stereocenters. The smallest absolute Gasteiger partial charge is 0.223 e. The summed E-state index contributed by atoms with van der Waals surface area (Å²) in [7, 11) is 0. The number of aryl methyl sites for hydroxylation is 1.